The van der Waals surface area contributed by atoms with E-state index in [4.69, 9.17) is 10.5 Å². The molecule has 2 nitrogen and oxygen atoms in total. The Labute approximate surface area is 118 Å². The predicted molar refractivity (Wildman–Crippen MR) is 72.7 cm³/mol. The fourth-order valence-electron chi connectivity index (χ4n) is 1.69. The summed E-state index contributed by atoms with van der Waals surface area (Å²) in [6.07, 6.45) is 0. The van der Waals surface area contributed by atoms with Crippen LogP contribution in [0.25, 0.3) is 0 Å². The van der Waals surface area contributed by atoms with Crippen molar-refractivity contribution >= 4 is 15.9 Å². The van der Waals surface area contributed by atoms with Crippen molar-refractivity contribution in [3.05, 3.63) is 63.6 Å². The molecule has 0 unspecified atom stereocenters. The number of hydrogen-bond donors (Lipinski definition) is 1. The third kappa shape index (κ3) is 3.11. The van der Waals surface area contributed by atoms with E-state index in [1.807, 2.05) is 0 Å². The van der Waals surface area contributed by atoms with Crippen molar-refractivity contribution in [2.24, 2.45) is 5.73 Å². The average molecular weight is 328 g/mol. The summed E-state index contributed by atoms with van der Waals surface area (Å²) in [5.74, 6) is -0.745. The van der Waals surface area contributed by atoms with Gasteiger partial charge in [-0.15, -0.1) is 0 Å². The first kappa shape index (κ1) is 14.0. The third-order valence-electron chi connectivity index (χ3n) is 2.67. The lowest BCUT2D eigenvalue weighted by molar-refractivity contribution is 0.285. The van der Waals surface area contributed by atoms with Crippen LogP contribution in [0.2, 0.25) is 0 Å². The molecule has 2 aromatic rings. The largest absolute Gasteiger partial charge is 0.485 e. The molecule has 0 radical (unpaired) electrons. The van der Waals surface area contributed by atoms with Gasteiger partial charge in [-0.1, -0.05) is 24.3 Å². The second kappa shape index (κ2) is 6.12. The minimum atomic E-state index is -0.476. The Kier molecular flexibility index (Phi) is 4.50. The molecule has 0 fully saturated rings. The van der Waals surface area contributed by atoms with Crippen molar-refractivity contribution in [3.8, 4) is 5.75 Å². The van der Waals surface area contributed by atoms with Gasteiger partial charge in [-0.05, 0) is 28.1 Å². The fourth-order valence-corrected chi connectivity index (χ4v) is 2.06. The van der Waals surface area contributed by atoms with Crippen LogP contribution in [0.3, 0.4) is 0 Å². The second-order valence-electron chi connectivity index (χ2n) is 3.93. The SMILES string of the molecule is NCc1cccc(F)c1OCc1cccc(F)c1Br. The van der Waals surface area contributed by atoms with Gasteiger partial charge in [-0.2, -0.15) is 0 Å². The van der Waals surface area contributed by atoms with Crippen LogP contribution in [0.1, 0.15) is 11.1 Å². The molecule has 19 heavy (non-hydrogen) atoms. The topological polar surface area (TPSA) is 35.2 Å². The quantitative estimate of drug-likeness (QED) is 0.927. The van der Waals surface area contributed by atoms with E-state index in [1.54, 1.807) is 24.3 Å². The molecule has 100 valence electrons. The fraction of sp³-hybridized carbons (Fsp3) is 0.143. The molecule has 0 spiro atoms. The molecule has 0 aromatic heterocycles. The summed E-state index contributed by atoms with van der Waals surface area (Å²) >= 11 is 3.13. The van der Waals surface area contributed by atoms with E-state index in [1.165, 1.54) is 12.1 Å². The van der Waals surface area contributed by atoms with Gasteiger partial charge in [0.15, 0.2) is 11.6 Å². The van der Waals surface area contributed by atoms with Crippen molar-refractivity contribution < 1.29 is 13.5 Å². The molecule has 0 saturated heterocycles. The van der Waals surface area contributed by atoms with Gasteiger partial charge < -0.3 is 10.5 Å². The Balaban J connectivity index is 2.21. The smallest absolute Gasteiger partial charge is 0.165 e. The summed E-state index contributed by atoms with van der Waals surface area (Å²) in [7, 11) is 0. The van der Waals surface area contributed by atoms with Gasteiger partial charge in [-0.3, -0.25) is 0 Å². The van der Waals surface area contributed by atoms with E-state index in [2.05, 4.69) is 15.9 Å². The van der Waals surface area contributed by atoms with Gasteiger partial charge >= 0.3 is 0 Å². The van der Waals surface area contributed by atoms with Gasteiger partial charge in [-0.25, -0.2) is 8.78 Å². The van der Waals surface area contributed by atoms with Crippen LogP contribution >= 0.6 is 15.9 Å². The molecule has 0 aliphatic rings. The highest BCUT2D eigenvalue weighted by molar-refractivity contribution is 9.10. The molecule has 2 aromatic carbocycles. The zero-order valence-corrected chi connectivity index (χ0v) is 11.6. The lowest BCUT2D eigenvalue weighted by Gasteiger charge is -2.12. The maximum Gasteiger partial charge on any atom is 0.165 e. The van der Waals surface area contributed by atoms with Crippen LogP contribution in [0.4, 0.5) is 8.78 Å². The Bertz CT molecular complexity index is 590. The van der Waals surface area contributed by atoms with Crippen LogP contribution in [0, 0.1) is 11.6 Å². The van der Waals surface area contributed by atoms with Crippen molar-refractivity contribution in [3.63, 3.8) is 0 Å². The molecule has 0 bridgehead atoms. The highest BCUT2D eigenvalue weighted by atomic mass is 79.9. The Morgan fingerprint density at radius 3 is 2.32 bits per heavy atom. The summed E-state index contributed by atoms with van der Waals surface area (Å²) < 4.78 is 32.7. The number of halogens is 3. The maximum atomic E-state index is 13.7. The Morgan fingerprint density at radius 2 is 1.63 bits per heavy atom. The van der Waals surface area contributed by atoms with E-state index >= 15 is 0 Å². The van der Waals surface area contributed by atoms with Crippen molar-refractivity contribution in [2.45, 2.75) is 13.2 Å². The molecule has 0 atom stereocenters. The summed E-state index contributed by atoms with van der Waals surface area (Å²) in [6, 6.07) is 9.18. The van der Waals surface area contributed by atoms with Crippen LogP contribution in [0.5, 0.6) is 5.75 Å². The Hall–Kier alpha value is -1.46. The third-order valence-corrected chi connectivity index (χ3v) is 3.56. The highest BCUT2D eigenvalue weighted by Crippen LogP contribution is 2.26. The maximum absolute atomic E-state index is 13.7. The standard InChI is InChI=1S/C14H12BrF2NO/c15-13-10(4-2-5-11(13)16)8-19-14-9(7-18)3-1-6-12(14)17/h1-6H,7-8,18H2. The monoisotopic (exact) mass is 327 g/mol. The van der Waals surface area contributed by atoms with Crippen LogP contribution in [-0.4, -0.2) is 0 Å². The molecule has 2 rings (SSSR count). The number of ether oxygens (including phenoxy) is 1. The molecular formula is C14H12BrF2NO. The van der Waals surface area contributed by atoms with E-state index in [9.17, 15) is 8.78 Å². The minimum Gasteiger partial charge on any atom is -0.485 e. The van der Waals surface area contributed by atoms with Crippen LogP contribution < -0.4 is 10.5 Å². The predicted octanol–water partition coefficient (Wildman–Crippen LogP) is 3.77. The molecule has 0 aliphatic carbocycles. The summed E-state index contributed by atoms with van der Waals surface area (Å²) in [6.45, 7) is 0.240. The van der Waals surface area contributed by atoms with Gasteiger partial charge in [0, 0.05) is 17.7 Å². The van der Waals surface area contributed by atoms with Gasteiger partial charge in [0.2, 0.25) is 0 Å². The number of nitrogens with two attached hydrogens (primary N) is 1. The van der Waals surface area contributed by atoms with E-state index in [-0.39, 0.29) is 24.7 Å². The number of para-hydroxylation sites is 1. The zero-order chi connectivity index (χ0) is 13.8. The molecule has 0 aliphatic heterocycles. The van der Waals surface area contributed by atoms with Crippen LogP contribution in [0.15, 0.2) is 40.9 Å². The second-order valence-corrected chi connectivity index (χ2v) is 4.73. The molecule has 0 heterocycles. The molecule has 2 N–H and O–H groups in total. The summed E-state index contributed by atoms with van der Waals surface area (Å²) in [4.78, 5) is 0. The van der Waals surface area contributed by atoms with Gasteiger partial charge in [0.05, 0.1) is 4.47 Å². The van der Waals surface area contributed by atoms with Crippen molar-refractivity contribution in [1.82, 2.24) is 0 Å². The highest BCUT2D eigenvalue weighted by Gasteiger charge is 2.11. The minimum absolute atomic E-state index is 0.0618. The summed E-state index contributed by atoms with van der Waals surface area (Å²) in [5.41, 5.74) is 6.71. The first-order chi connectivity index (χ1) is 9.13. The summed E-state index contributed by atoms with van der Waals surface area (Å²) in [5, 5.41) is 0. The molecule has 5 heteroatoms. The molecule has 0 saturated carbocycles. The first-order valence-corrected chi connectivity index (χ1v) is 6.46. The normalized spacial score (nSPS) is 10.5. The van der Waals surface area contributed by atoms with E-state index in [0.29, 0.717) is 15.6 Å². The van der Waals surface area contributed by atoms with Crippen molar-refractivity contribution in [1.29, 1.82) is 0 Å². The number of hydrogen-bond acceptors (Lipinski definition) is 2. The zero-order valence-electron chi connectivity index (χ0n) is 10.00. The first-order valence-electron chi connectivity index (χ1n) is 5.66. The lowest BCUT2D eigenvalue weighted by Crippen LogP contribution is -2.05. The average Bonchev–Trinajstić information content (AvgIpc) is 2.41. The lowest BCUT2D eigenvalue weighted by atomic mass is 10.2. The Morgan fingerprint density at radius 1 is 1.00 bits per heavy atom. The molecular weight excluding hydrogens is 316 g/mol. The molecule has 0 amide bonds. The van der Waals surface area contributed by atoms with E-state index in [0.717, 1.165) is 0 Å². The number of benzene rings is 2. The van der Waals surface area contributed by atoms with Crippen LogP contribution in [-0.2, 0) is 13.2 Å². The van der Waals surface area contributed by atoms with Crippen molar-refractivity contribution in [2.75, 3.05) is 0 Å². The number of rotatable bonds is 4. The van der Waals surface area contributed by atoms with E-state index < -0.39 is 5.82 Å². The van der Waals surface area contributed by atoms with Gasteiger partial charge in [0.1, 0.15) is 12.4 Å². The van der Waals surface area contributed by atoms with Gasteiger partial charge in [0.25, 0.3) is 0 Å².